The average molecular weight is 386 g/mol. The van der Waals surface area contributed by atoms with Crippen molar-refractivity contribution in [2.24, 2.45) is 5.92 Å². The number of nitrogens with zero attached hydrogens (tertiary/aromatic N) is 3. The third-order valence-corrected chi connectivity index (χ3v) is 6.36. The summed E-state index contributed by atoms with van der Waals surface area (Å²) in [6.45, 7) is 2.04. The lowest BCUT2D eigenvalue weighted by Gasteiger charge is -2.36. The van der Waals surface area contributed by atoms with E-state index in [0.29, 0.717) is 43.7 Å². The Labute approximate surface area is 164 Å². The maximum Gasteiger partial charge on any atom is 0.269 e. The van der Waals surface area contributed by atoms with Gasteiger partial charge in [0.25, 0.3) is 11.6 Å². The molecule has 2 amide bonds. The number of carbonyl (C=O) groups is 2. The lowest BCUT2D eigenvalue weighted by atomic mass is 9.85. The molecule has 8 nitrogen and oxygen atoms in total. The summed E-state index contributed by atoms with van der Waals surface area (Å²) in [5, 5.41) is 14.3. The molecule has 0 aromatic heterocycles. The molecule has 2 saturated heterocycles. The quantitative estimate of drug-likeness (QED) is 0.631. The van der Waals surface area contributed by atoms with Crippen LogP contribution in [0.15, 0.2) is 24.3 Å². The van der Waals surface area contributed by atoms with Gasteiger partial charge in [-0.05, 0) is 37.3 Å². The Morgan fingerprint density at radius 1 is 1.00 bits per heavy atom. The smallest absolute Gasteiger partial charge is 0.269 e. The summed E-state index contributed by atoms with van der Waals surface area (Å²) < 4.78 is 0. The maximum atomic E-state index is 12.9. The molecule has 2 aliphatic heterocycles. The molecule has 3 atom stereocenters. The number of amides is 2. The SMILES string of the molecule is O=C(c1ccc([N+](=O)[O-])cc1)N1CCN(C(=O)C2CC3CCCCC3N2)CC1. The normalized spacial score (nSPS) is 27.4. The van der Waals surface area contributed by atoms with Crippen LogP contribution in [0, 0.1) is 16.0 Å². The highest BCUT2D eigenvalue weighted by Gasteiger charge is 2.40. The minimum absolute atomic E-state index is 0.0309. The minimum atomic E-state index is -0.480. The minimum Gasteiger partial charge on any atom is -0.338 e. The molecule has 3 fully saturated rings. The van der Waals surface area contributed by atoms with Crippen LogP contribution in [0.25, 0.3) is 0 Å². The first-order chi connectivity index (χ1) is 13.5. The Morgan fingerprint density at radius 2 is 1.64 bits per heavy atom. The van der Waals surface area contributed by atoms with Gasteiger partial charge in [-0.15, -0.1) is 0 Å². The molecular formula is C20H26N4O4. The van der Waals surface area contributed by atoms with E-state index >= 15 is 0 Å². The van der Waals surface area contributed by atoms with Gasteiger partial charge in [-0.3, -0.25) is 19.7 Å². The zero-order valence-corrected chi connectivity index (χ0v) is 15.9. The largest absolute Gasteiger partial charge is 0.338 e. The monoisotopic (exact) mass is 386 g/mol. The third kappa shape index (κ3) is 3.73. The Kier molecular flexibility index (Phi) is 5.30. The number of fused-ring (bicyclic) bond motifs is 1. The van der Waals surface area contributed by atoms with Gasteiger partial charge in [0.2, 0.25) is 5.91 Å². The van der Waals surface area contributed by atoms with Gasteiger partial charge in [-0.1, -0.05) is 12.8 Å². The molecule has 1 aromatic rings. The maximum absolute atomic E-state index is 12.9. The molecule has 0 spiro atoms. The molecule has 8 heteroatoms. The van der Waals surface area contributed by atoms with Crippen LogP contribution in [-0.2, 0) is 4.79 Å². The molecule has 28 heavy (non-hydrogen) atoms. The van der Waals surface area contributed by atoms with Gasteiger partial charge in [-0.25, -0.2) is 0 Å². The summed E-state index contributed by atoms with van der Waals surface area (Å²) in [5.41, 5.74) is 0.406. The summed E-state index contributed by atoms with van der Waals surface area (Å²) >= 11 is 0. The van der Waals surface area contributed by atoms with Crippen LogP contribution in [0.5, 0.6) is 0 Å². The fraction of sp³-hybridized carbons (Fsp3) is 0.600. The third-order valence-electron chi connectivity index (χ3n) is 6.36. The summed E-state index contributed by atoms with van der Waals surface area (Å²) in [5.74, 6) is 0.650. The van der Waals surface area contributed by atoms with E-state index in [1.54, 1.807) is 4.90 Å². The number of rotatable bonds is 3. The summed E-state index contributed by atoms with van der Waals surface area (Å²) in [6, 6.07) is 6.08. The first-order valence-electron chi connectivity index (χ1n) is 10.1. The van der Waals surface area contributed by atoms with E-state index in [2.05, 4.69) is 5.32 Å². The summed E-state index contributed by atoms with van der Waals surface area (Å²) in [7, 11) is 0. The lowest BCUT2D eigenvalue weighted by molar-refractivity contribution is -0.384. The van der Waals surface area contributed by atoms with Crippen LogP contribution in [0.1, 0.15) is 42.5 Å². The summed E-state index contributed by atoms with van der Waals surface area (Å²) in [4.78, 5) is 39.4. The Balaban J connectivity index is 1.31. The highest BCUT2D eigenvalue weighted by atomic mass is 16.6. The van der Waals surface area contributed by atoms with Crippen molar-refractivity contribution < 1.29 is 14.5 Å². The topological polar surface area (TPSA) is 95.8 Å². The summed E-state index contributed by atoms with van der Waals surface area (Å²) in [6.07, 6.45) is 5.85. The molecule has 1 N–H and O–H groups in total. The molecule has 1 aliphatic carbocycles. The first-order valence-corrected chi connectivity index (χ1v) is 10.1. The standard InChI is InChI=1S/C20H26N4O4/c25-19(14-5-7-16(8-6-14)24(27)28)22-9-11-23(12-10-22)20(26)18-13-15-3-1-2-4-17(15)21-18/h5-8,15,17-18,21H,1-4,9-13H2. The number of carbonyl (C=O) groups excluding carboxylic acids is 2. The van der Waals surface area contributed by atoms with E-state index in [9.17, 15) is 19.7 Å². The van der Waals surface area contributed by atoms with Gasteiger partial charge in [0.1, 0.15) is 0 Å². The van der Waals surface area contributed by atoms with Crippen LogP contribution in [0.3, 0.4) is 0 Å². The average Bonchev–Trinajstić information content (AvgIpc) is 3.17. The number of piperazine rings is 1. The van der Waals surface area contributed by atoms with Crippen LogP contribution >= 0.6 is 0 Å². The van der Waals surface area contributed by atoms with Gasteiger partial charge < -0.3 is 15.1 Å². The molecule has 150 valence electrons. The second-order valence-corrected chi connectivity index (χ2v) is 8.03. The molecule has 0 bridgehead atoms. The molecule has 0 radical (unpaired) electrons. The van der Waals surface area contributed by atoms with E-state index < -0.39 is 4.92 Å². The van der Waals surface area contributed by atoms with E-state index in [1.165, 1.54) is 49.9 Å². The van der Waals surface area contributed by atoms with E-state index in [0.717, 1.165) is 6.42 Å². The zero-order chi connectivity index (χ0) is 19.7. The Morgan fingerprint density at radius 3 is 2.29 bits per heavy atom. The Hall–Kier alpha value is -2.48. The van der Waals surface area contributed by atoms with Crippen molar-refractivity contribution in [2.45, 2.75) is 44.2 Å². The van der Waals surface area contributed by atoms with Crippen molar-refractivity contribution in [3.05, 3.63) is 39.9 Å². The van der Waals surface area contributed by atoms with Gasteiger partial charge in [0.05, 0.1) is 11.0 Å². The van der Waals surface area contributed by atoms with Crippen LogP contribution in [0.2, 0.25) is 0 Å². The second-order valence-electron chi connectivity index (χ2n) is 8.03. The predicted molar refractivity (Wildman–Crippen MR) is 103 cm³/mol. The number of hydrogen-bond acceptors (Lipinski definition) is 5. The molecule has 4 rings (SSSR count). The van der Waals surface area contributed by atoms with Crippen LogP contribution in [-0.4, -0.2) is 64.8 Å². The van der Waals surface area contributed by atoms with Gasteiger partial charge in [-0.2, -0.15) is 0 Å². The number of nitrogens with one attached hydrogen (secondary N) is 1. The highest BCUT2D eigenvalue weighted by Crippen LogP contribution is 2.33. The molecule has 2 heterocycles. The van der Waals surface area contributed by atoms with Gasteiger partial charge in [0.15, 0.2) is 0 Å². The Bertz CT molecular complexity index is 744. The van der Waals surface area contributed by atoms with E-state index in [4.69, 9.17) is 0 Å². The second kappa shape index (κ2) is 7.87. The highest BCUT2D eigenvalue weighted by molar-refractivity contribution is 5.94. The van der Waals surface area contributed by atoms with Gasteiger partial charge in [0, 0.05) is 49.9 Å². The molecular weight excluding hydrogens is 360 g/mol. The fourth-order valence-electron chi connectivity index (χ4n) is 4.77. The van der Waals surface area contributed by atoms with Crippen molar-refractivity contribution >= 4 is 17.5 Å². The first kappa shape index (κ1) is 18.9. The zero-order valence-electron chi connectivity index (χ0n) is 15.9. The van der Waals surface area contributed by atoms with E-state index in [-0.39, 0.29) is 23.5 Å². The van der Waals surface area contributed by atoms with Crippen LogP contribution < -0.4 is 5.32 Å². The molecule has 1 aromatic carbocycles. The molecule has 3 unspecified atom stereocenters. The lowest BCUT2D eigenvalue weighted by Crippen LogP contribution is -2.54. The van der Waals surface area contributed by atoms with Gasteiger partial charge >= 0.3 is 0 Å². The number of nitro benzene ring substituents is 1. The predicted octanol–water partition coefficient (Wildman–Crippen LogP) is 1.80. The van der Waals surface area contributed by atoms with Crippen molar-refractivity contribution in [3.8, 4) is 0 Å². The van der Waals surface area contributed by atoms with Crippen molar-refractivity contribution in [2.75, 3.05) is 26.2 Å². The number of nitro groups is 1. The number of hydrogen-bond donors (Lipinski definition) is 1. The van der Waals surface area contributed by atoms with Crippen molar-refractivity contribution in [1.29, 1.82) is 0 Å². The molecule has 1 saturated carbocycles. The van der Waals surface area contributed by atoms with E-state index in [1.807, 2.05) is 4.90 Å². The molecule has 3 aliphatic rings. The number of benzene rings is 1. The number of non-ortho nitro benzene ring substituents is 1. The van der Waals surface area contributed by atoms with Crippen molar-refractivity contribution in [1.82, 2.24) is 15.1 Å². The van der Waals surface area contributed by atoms with Crippen molar-refractivity contribution in [3.63, 3.8) is 0 Å². The van der Waals surface area contributed by atoms with Crippen LogP contribution in [0.4, 0.5) is 5.69 Å². The fourth-order valence-corrected chi connectivity index (χ4v) is 4.77.